The Kier molecular flexibility index (Phi) is 6.47. The molecule has 2 N–H and O–H groups in total. The smallest absolute Gasteiger partial charge is 0.339 e. The van der Waals surface area contributed by atoms with Crippen molar-refractivity contribution < 1.29 is 38.9 Å². The van der Waals surface area contributed by atoms with Gasteiger partial charge in [-0.3, -0.25) is 0 Å². The van der Waals surface area contributed by atoms with E-state index in [0.29, 0.717) is 0 Å². The number of carboxylic acids is 2. The Morgan fingerprint density at radius 2 is 1.65 bits per heavy atom. The van der Waals surface area contributed by atoms with E-state index < -0.39 is 29.4 Å². The molecule has 0 atom stereocenters. The molecule has 0 heterocycles. The van der Waals surface area contributed by atoms with Crippen LogP contribution in [0.1, 0.15) is 38.0 Å². The number of carbonyl (C=O) groups excluding carboxylic acids is 2. The van der Waals surface area contributed by atoms with Gasteiger partial charge in [-0.2, -0.15) is 0 Å². The van der Waals surface area contributed by atoms with Gasteiger partial charge in [0.25, 0.3) is 0 Å². The maximum Gasteiger partial charge on any atom is 0.339 e. The zero-order chi connectivity index (χ0) is 17.4. The SMILES string of the molecule is CC=CC(=O)OCCOC(=O)c1ccc(C(=O)O)cc1C(=O)O. The lowest BCUT2D eigenvalue weighted by Crippen LogP contribution is -2.16. The molecule has 0 saturated heterocycles. The molecule has 0 bridgehead atoms. The summed E-state index contributed by atoms with van der Waals surface area (Å²) in [4.78, 5) is 44.8. The van der Waals surface area contributed by atoms with Gasteiger partial charge in [0.1, 0.15) is 13.2 Å². The molecule has 8 nitrogen and oxygen atoms in total. The van der Waals surface area contributed by atoms with E-state index in [1.54, 1.807) is 6.92 Å². The fourth-order valence-corrected chi connectivity index (χ4v) is 1.57. The van der Waals surface area contributed by atoms with Crippen LogP contribution in [0.3, 0.4) is 0 Å². The van der Waals surface area contributed by atoms with E-state index in [-0.39, 0.29) is 24.3 Å². The number of aromatic carboxylic acids is 2. The summed E-state index contributed by atoms with van der Waals surface area (Å²) in [5.74, 6) is -4.33. The third-order valence-corrected chi connectivity index (χ3v) is 2.58. The third kappa shape index (κ3) is 5.27. The highest BCUT2D eigenvalue weighted by Gasteiger charge is 2.20. The van der Waals surface area contributed by atoms with E-state index in [0.717, 1.165) is 18.2 Å². The monoisotopic (exact) mass is 322 g/mol. The maximum atomic E-state index is 11.8. The summed E-state index contributed by atoms with van der Waals surface area (Å²) in [6, 6.07) is 3.02. The lowest BCUT2D eigenvalue weighted by molar-refractivity contribution is -0.138. The Bertz CT molecular complexity index is 659. The molecule has 8 heteroatoms. The number of benzene rings is 1. The van der Waals surface area contributed by atoms with Gasteiger partial charge in [0.05, 0.1) is 16.7 Å². The van der Waals surface area contributed by atoms with E-state index >= 15 is 0 Å². The van der Waals surface area contributed by atoms with Crippen LogP contribution in [0.15, 0.2) is 30.4 Å². The average Bonchev–Trinajstić information content (AvgIpc) is 2.50. The van der Waals surface area contributed by atoms with Gasteiger partial charge in [-0.1, -0.05) is 6.08 Å². The summed E-state index contributed by atoms with van der Waals surface area (Å²) >= 11 is 0. The highest BCUT2D eigenvalue weighted by Crippen LogP contribution is 2.14. The molecule has 0 aromatic heterocycles. The van der Waals surface area contributed by atoms with Crippen LogP contribution in [-0.4, -0.2) is 47.3 Å². The van der Waals surface area contributed by atoms with Gasteiger partial charge in [0.2, 0.25) is 0 Å². The molecule has 1 rings (SSSR count). The largest absolute Gasteiger partial charge is 0.478 e. The Morgan fingerprint density at radius 1 is 1.00 bits per heavy atom. The van der Waals surface area contributed by atoms with Crippen LogP contribution in [0, 0.1) is 0 Å². The van der Waals surface area contributed by atoms with E-state index in [1.165, 1.54) is 12.2 Å². The Hall–Kier alpha value is -3.16. The molecule has 1 aromatic rings. The molecule has 0 radical (unpaired) electrons. The second-order valence-electron chi connectivity index (χ2n) is 4.17. The van der Waals surface area contributed by atoms with Crippen LogP contribution < -0.4 is 0 Å². The number of ether oxygens (including phenoxy) is 2. The van der Waals surface area contributed by atoms with Crippen LogP contribution in [0.25, 0.3) is 0 Å². The predicted molar refractivity (Wildman–Crippen MR) is 76.4 cm³/mol. The van der Waals surface area contributed by atoms with Gasteiger partial charge in [-0.25, -0.2) is 19.2 Å². The molecule has 1 aromatic carbocycles. The number of carboxylic acid groups (broad SMARTS) is 2. The summed E-state index contributed by atoms with van der Waals surface area (Å²) in [5, 5.41) is 17.9. The first-order valence-electron chi connectivity index (χ1n) is 6.44. The lowest BCUT2D eigenvalue weighted by atomic mass is 10.0. The normalized spacial score (nSPS) is 10.3. The minimum absolute atomic E-state index is 0.190. The molecule has 0 spiro atoms. The van der Waals surface area contributed by atoms with Crippen molar-refractivity contribution in [3.63, 3.8) is 0 Å². The number of rotatable bonds is 7. The predicted octanol–water partition coefficient (Wildman–Crippen LogP) is 1.36. The number of hydrogen-bond acceptors (Lipinski definition) is 6. The fraction of sp³-hybridized carbons (Fsp3) is 0.200. The maximum absolute atomic E-state index is 11.8. The Labute approximate surface area is 130 Å². The van der Waals surface area contributed by atoms with Gasteiger partial charge in [-0.05, 0) is 25.1 Å². The van der Waals surface area contributed by atoms with Crippen molar-refractivity contribution in [3.05, 3.63) is 47.0 Å². The quantitative estimate of drug-likeness (QED) is 0.437. The summed E-state index contributed by atoms with van der Waals surface area (Å²) in [6.45, 7) is 1.18. The first-order valence-corrected chi connectivity index (χ1v) is 6.44. The number of carbonyl (C=O) groups is 4. The summed E-state index contributed by atoms with van der Waals surface area (Å²) in [6.07, 6.45) is 2.67. The van der Waals surface area contributed by atoms with Crippen molar-refractivity contribution in [2.24, 2.45) is 0 Å². The number of hydrogen-bond donors (Lipinski definition) is 2. The molecule has 0 saturated carbocycles. The third-order valence-electron chi connectivity index (χ3n) is 2.58. The van der Waals surface area contributed by atoms with Crippen LogP contribution in [-0.2, 0) is 14.3 Å². The van der Waals surface area contributed by atoms with Crippen molar-refractivity contribution >= 4 is 23.9 Å². The van der Waals surface area contributed by atoms with Gasteiger partial charge in [0.15, 0.2) is 0 Å². The van der Waals surface area contributed by atoms with Crippen molar-refractivity contribution in [2.75, 3.05) is 13.2 Å². The van der Waals surface area contributed by atoms with Gasteiger partial charge in [-0.15, -0.1) is 0 Å². The van der Waals surface area contributed by atoms with Crippen LogP contribution in [0.4, 0.5) is 0 Å². The molecule has 0 aliphatic heterocycles. The van der Waals surface area contributed by atoms with E-state index in [9.17, 15) is 19.2 Å². The van der Waals surface area contributed by atoms with Crippen molar-refractivity contribution in [1.82, 2.24) is 0 Å². The van der Waals surface area contributed by atoms with Gasteiger partial charge >= 0.3 is 23.9 Å². The van der Waals surface area contributed by atoms with E-state index in [2.05, 4.69) is 0 Å². The number of allylic oxidation sites excluding steroid dienone is 1. The van der Waals surface area contributed by atoms with Gasteiger partial charge < -0.3 is 19.7 Å². The summed E-state index contributed by atoms with van der Waals surface area (Å²) in [5.41, 5.74) is -1.04. The van der Waals surface area contributed by atoms with Crippen LogP contribution in [0.5, 0.6) is 0 Å². The first-order chi connectivity index (χ1) is 10.9. The first kappa shape index (κ1) is 17.9. The van der Waals surface area contributed by atoms with Crippen molar-refractivity contribution in [1.29, 1.82) is 0 Å². The standard InChI is InChI=1S/C15H14O8/c1-2-3-12(16)22-6-7-23-15(21)10-5-4-9(13(17)18)8-11(10)14(19)20/h2-5,8H,6-7H2,1H3,(H,17,18)(H,19,20). The zero-order valence-electron chi connectivity index (χ0n) is 12.1. The Balaban J connectivity index is 2.74. The second-order valence-corrected chi connectivity index (χ2v) is 4.17. The fourth-order valence-electron chi connectivity index (χ4n) is 1.57. The minimum atomic E-state index is -1.46. The van der Waals surface area contributed by atoms with Crippen LogP contribution in [0.2, 0.25) is 0 Å². The minimum Gasteiger partial charge on any atom is -0.478 e. The highest BCUT2D eigenvalue weighted by molar-refractivity contribution is 6.04. The molecule has 23 heavy (non-hydrogen) atoms. The summed E-state index contributed by atoms with van der Waals surface area (Å²) < 4.78 is 9.50. The van der Waals surface area contributed by atoms with Crippen molar-refractivity contribution in [3.8, 4) is 0 Å². The molecule has 0 aliphatic carbocycles. The van der Waals surface area contributed by atoms with Gasteiger partial charge in [0, 0.05) is 6.08 Å². The molecule has 0 fully saturated rings. The highest BCUT2D eigenvalue weighted by atomic mass is 16.6. The van der Waals surface area contributed by atoms with Crippen LogP contribution >= 0.6 is 0 Å². The second kappa shape index (κ2) is 8.32. The lowest BCUT2D eigenvalue weighted by Gasteiger charge is -2.08. The van der Waals surface area contributed by atoms with E-state index in [4.69, 9.17) is 19.7 Å². The zero-order valence-corrected chi connectivity index (χ0v) is 12.1. The topological polar surface area (TPSA) is 127 Å². The molecule has 0 unspecified atom stereocenters. The Morgan fingerprint density at radius 3 is 2.22 bits per heavy atom. The molecule has 0 aliphatic rings. The van der Waals surface area contributed by atoms with E-state index in [1.807, 2.05) is 0 Å². The molecule has 122 valence electrons. The molecular weight excluding hydrogens is 308 g/mol. The van der Waals surface area contributed by atoms with Crippen molar-refractivity contribution in [2.45, 2.75) is 6.92 Å². The summed E-state index contributed by atoms with van der Waals surface area (Å²) in [7, 11) is 0. The number of esters is 2. The molecular formula is C15H14O8. The molecule has 0 amide bonds. The average molecular weight is 322 g/mol.